The molecule has 33 heavy (non-hydrogen) atoms. The number of carbonyl (C=O) groups excluding carboxylic acids is 1. The zero-order valence-electron chi connectivity index (χ0n) is 18.8. The minimum absolute atomic E-state index is 0.0606. The highest BCUT2D eigenvalue weighted by Gasteiger charge is 2.48. The molecule has 0 unspecified atom stereocenters. The Morgan fingerprint density at radius 2 is 1.73 bits per heavy atom. The summed E-state index contributed by atoms with van der Waals surface area (Å²) in [6.07, 6.45) is 3.80. The van der Waals surface area contributed by atoms with Gasteiger partial charge in [-0.1, -0.05) is 55.3 Å². The lowest BCUT2D eigenvalue weighted by atomic mass is 9.79. The molecule has 172 valence electrons. The number of aliphatic hydroxyl groups is 1. The lowest BCUT2D eigenvalue weighted by Crippen LogP contribution is -2.58. The number of guanidine groups is 1. The zero-order valence-corrected chi connectivity index (χ0v) is 18.8. The van der Waals surface area contributed by atoms with E-state index in [0.29, 0.717) is 49.8 Å². The van der Waals surface area contributed by atoms with E-state index in [1.807, 2.05) is 53.4 Å². The van der Waals surface area contributed by atoms with Gasteiger partial charge in [0, 0.05) is 38.6 Å². The Morgan fingerprint density at radius 1 is 1.06 bits per heavy atom. The molecule has 4 rings (SSSR count). The standard InChI is InChI=1S/C26H31N5O2/c27-18-20-7-6-8-21(17-20)19-29-25(28)31-15-13-30(14-16-31)24(32)26(33,23-11-4-5-12-23)22-9-2-1-3-10-22/h1-3,6-10,17,23,33H,4-5,11-16,19H2,(H2,28,29)/t26-/m0/s1. The number of amides is 1. The van der Waals surface area contributed by atoms with Crippen LogP contribution in [0.4, 0.5) is 0 Å². The second-order valence-corrected chi connectivity index (χ2v) is 8.91. The molecule has 7 heteroatoms. The van der Waals surface area contributed by atoms with Crippen molar-refractivity contribution in [1.82, 2.24) is 15.1 Å². The normalized spacial score (nSPS) is 18.4. The summed E-state index contributed by atoms with van der Waals surface area (Å²) in [6, 6.07) is 18.8. The summed E-state index contributed by atoms with van der Waals surface area (Å²) in [7, 11) is 0. The lowest BCUT2D eigenvalue weighted by molar-refractivity contribution is -0.160. The highest BCUT2D eigenvalue weighted by Crippen LogP contribution is 2.42. The van der Waals surface area contributed by atoms with Crippen molar-refractivity contribution in [2.45, 2.75) is 37.8 Å². The highest BCUT2D eigenvalue weighted by atomic mass is 16.3. The van der Waals surface area contributed by atoms with Crippen LogP contribution in [0.5, 0.6) is 0 Å². The minimum Gasteiger partial charge on any atom is -0.375 e. The van der Waals surface area contributed by atoms with Crippen LogP contribution in [-0.4, -0.2) is 53.0 Å². The van der Waals surface area contributed by atoms with E-state index in [0.717, 1.165) is 31.2 Å². The third kappa shape index (κ3) is 4.86. The second kappa shape index (κ2) is 10.1. The van der Waals surface area contributed by atoms with E-state index in [2.05, 4.69) is 11.4 Å². The summed E-state index contributed by atoms with van der Waals surface area (Å²) in [5, 5.41) is 32.3. The first-order chi connectivity index (χ1) is 16.0. The fourth-order valence-corrected chi connectivity index (χ4v) is 4.99. The van der Waals surface area contributed by atoms with Crippen LogP contribution in [0.25, 0.3) is 0 Å². The van der Waals surface area contributed by atoms with Crippen LogP contribution in [0.2, 0.25) is 0 Å². The van der Waals surface area contributed by atoms with Gasteiger partial charge in [0.25, 0.3) is 5.91 Å². The molecule has 2 aromatic rings. The number of carbonyl (C=O) groups is 1. The summed E-state index contributed by atoms with van der Waals surface area (Å²) in [6.45, 7) is 2.46. The first-order valence-electron chi connectivity index (χ1n) is 11.7. The van der Waals surface area contributed by atoms with Gasteiger partial charge in [0.1, 0.15) is 0 Å². The Hall–Kier alpha value is -3.37. The first kappa shape index (κ1) is 22.8. The fraction of sp³-hybridized carbons (Fsp3) is 0.423. The Bertz CT molecular complexity index is 1020. The number of nitrogens with one attached hydrogen (secondary N) is 2. The Kier molecular flexibility index (Phi) is 6.95. The van der Waals surface area contributed by atoms with Gasteiger partial charge < -0.3 is 20.2 Å². The summed E-state index contributed by atoms with van der Waals surface area (Å²) >= 11 is 0. The first-order valence-corrected chi connectivity index (χ1v) is 11.7. The van der Waals surface area contributed by atoms with E-state index in [1.54, 1.807) is 11.0 Å². The van der Waals surface area contributed by atoms with E-state index in [9.17, 15) is 9.90 Å². The van der Waals surface area contributed by atoms with Crippen molar-refractivity contribution < 1.29 is 9.90 Å². The lowest BCUT2D eigenvalue weighted by Gasteiger charge is -2.42. The number of hydrogen-bond donors (Lipinski definition) is 3. The third-order valence-corrected chi connectivity index (χ3v) is 6.89. The van der Waals surface area contributed by atoms with Crippen LogP contribution in [0.15, 0.2) is 54.6 Å². The fourth-order valence-electron chi connectivity index (χ4n) is 4.99. The maximum Gasteiger partial charge on any atom is 0.259 e. The van der Waals surface area contributed by atoms with Crippen LogP contribution in [0.3, 0.4) is 0 Å². The molecule has 2 aliphatic rings. The summed E-state index contributed by atoms with van der Waals surface area (Å²) in [5.74, 6) is 0.0289. The van der Waals surface area contributed by atoms with Crippen molar-refractivity contribution in [1.29, 1.82) is 10.7 Å². The van der Waals surface area contributed by atoms with Gasteiger partial charge in [0.15, 0.2) is 11.6 Å². The number of piperazine rings is 1. The molecular formula is C26H31N5O2. The van der Waals surface area contributed by atoms with E-state index in [4.69, 9.17) is 10.7 Å². The maximum atomic E-state index is 13.6. The minimum atomic E-state index is -1.49. The van der Waals surface area contributed by atoms with Crippen LogP contribution in [0.1, 0.15) is 42.4 Å². The van der Waals surface area contributed by atoms with E-state index in [1.165, 1.54) is 0 Å². The maximum absolute atomic E-state index is 13.6. The molecule has 0 aromatic heterocycles. The van der Waals surface area contributed by atoms with Gasteiger partial charge in [-0.3, -0.25) is 10.2 Å². The second-order valence-electron chi connectivity index (χ2n) is 8.91. The van der Waals surface area contributed by atoms with Crippen LogP contribution in [0, 0.1) is 22.7 Å². The number of nitrogens with zero attached hydrogens (tertiary/aromatic N) is 3. The molecule has 2 aromatic carbocycles. The molecule has 3 N–H and O–H groups in total. The molecule has 2 fully saturated rings. The van der Waals surface area contributed by atoms with Crippen molar-refractivity contribution in [3.63, 3.8) is 0 Å². The molecule has 7 nitrogen and oxygen atoms in total. The number of nitriles is 1. The van der Waals surface area contributed by atoms with E-state index in [-0.39, 0.29) is 11.8 Å². The van der Waals surface area contributed by atoms with Crippen molar-refractivity contribution in [3.05, 3.63) is 71.3 Å². The van der Waals surface area contributed by atoms with Gasteiger partial charge >= 0.3 is 0 Å². The number of rotatable bonds is 5. The van der Waals surface area contributed by atoms with Gasteiger partial charge in [-0.15, -0.1) is 0 Å². The average molecular weight is 446 g/mol. The van der Waals surface area contributed by atoms with Crippen molar-refractivity contribution >= 4 is 11.9 Å². The molecule has 1 aliphatic carbocycles. The summed E-state index contributed by atoms with van der Waals surface area (Å²) < 4.78 is 0. The van der Waals surface area contributed by atoms with Gasteiger partial charge in [-0.05, 0) is 36.1 Å². The largest absolute Gasteiger partial charge is 0.375 e. The zero-order chi connectivity index (χ0) is 23.3. The summed E-state index contributed by atoms with van der Waals surface area (Å²) in [5.41, 5.74) is 0.730. The Balaban J connectivity index is 1.37. The van der Waals surface area contributed by atoms with Gasteiger partial charge in [0.2, 0.25) is 0 Å². The predicted octanol–water partition coefficient (Wildman–Crippen LogP) is 2.80. The van der Waals surface area contributed by atoms with Crippen molar-refractivity contribution in [2.75, 3.05) is 26.2 Å². The topological polar surface area (TPSA) is 103 Å². The van der Waals surface area contributed by atoms with Crippen LogP contribution < -0.4 is 5.32 Å². The number of benzene rings is 2. The monoisotopic (exact) mass is 445 g/mol. The molecular weight excluding hydrogens is 414 g/mol. The SMILES string of the molecule is N#Cc1cccc(CNC(=N)N2CCN(C(=O)[C@](O)(c3ccccc3)C3CCCC3)CC2)c1. The smallest absolute Gasteiger partial charge is 0.259 e. The average Bonchev–Trinajstić information content (AvgIpc) is 3.43. The van der Waals surface area contributed by atoms with Crippen molar-refractivity contribution in [2.24, 2.45) is 5.92 Å². The van der Waals surface area contributed by atoms with Gasteiger partial charge in [-0.2, -0.15) is 5.26 Å². The van der Waals surface area contributed by atoms with E-state index < -0.39 is 5.60 Å². The molecule has 1 saturated carbocycles. The van der Waals surface area contributed by atoms with E-state index >= 15 is 0 Å². The summed E-state index contributed by atoms with van der Waals surface area (Å²) in [4.78, 5) is 17.3. The highest BCUT2D eigenvalue weighted by molar-refractivity contribution is 5.87. The molecule has 0 bridgehead atoms. The molecule has 1 amide bonds. The van der Waals surface area contributed by atoms with Crippen LogP contribution in [-0.2, 0) is 16.9 Å². The Morgan fingerprint density at radius 3 is 2.39 bits per heavy atom. The van der Waals surface area contributed by atoms with Gasteiger partial charge in [-0.25, -0.2) is 0 Å². The quantitative estimate of drug-likeness (QED) is 0.485. The molecule has 1 aliphatic heterocycles. The molecule has 1 heterocycles. The third-order valence-electron chi connectivity index (χ3n) is 6.89. The van der Waals surface area contributed by atoms with Gasteiger partial charge in [0.05, 0.1) is 11.6 Å². The van der Waals surface area contributed by atoms with Crippen molar-refractivity contribution in [3.8, 4) is 6.07 Å². The van der Waals surface area contributed by atoms with Crippen LogP contribution >= 0.6 is 0 Å². The molecule has 0 spiro atoms. The number of hydrogen-bond acceptors (Lipinski definition) is 4. The Labute approximate surface area is 195 Å². The molecule has 1 atom stereocenters. The molecule has 1 saturated heterocycles. The molecule has 0 radical (unpaired) electrons. The predicted molar refractivity (Wildman–Crippen MR) is 126 cm³/mol.